The Bertz CT molecular complexity index is 2710. The number of anilines is 3. The molecule has 0 spiro atoms. The Hall–Kier alpha value is -6.19. The molecule has 0 unspecified atom stereocenters. The third-order valence-corrected chi connectivity index (χ3v) is 11.1. The smallest absolute Gasteiger partial charge is 0.0544 e. The van der Waals surface area contributed by atoms with Gasteiger partial charge in [-0.3, -0.25) is 4.98 Å². The lowest BCUT2D eigenvalue weighted by Gasteiger charge is -2.28. The molecule has 0 amide bonds. The topological polar surface area (TPSA) is 21.1 Å². The van der Waals surface area contributed by atoms with Crippen LogP contribution in [0.2, 0.25) is 0 Å². The van der Waals surface area contributed by atoms with Crippen molar-refractivity contribution in [2.45, 2.75) is 32.1 Å². The fourth-order valence-corrected chi connectivity index (χ4v) is 8.53. The van der Waals surface area contributed by atoms with Gasteiger partial charge in [-0.2, -0.15) is 0 Å². The van der Waals surface area contributed by atoms with E-state index in [1.807, 2.05) is 12.4 Å². The van der Waals surface area contributed by atoms with E-state index in [0.29, 0.717) is 0 Å². The Balaban J connectivity index is 1.08. The molecule has 0 aliphatic heterocycles. The molecule has 2 aromatic heterocycles. The van der Waals surface area contributed by atoms with Crippen LogP contribution in [0.4, 0.5) is 17.1 Å². The van der Waals surface area contributed by atoms with Crippen LogP contribution in [0.25, 0.3) is 60.5 Å². The molecule has 10 rings (SSSR count). The predicted octanol–water partition coefficient (Wildman–Crippen LogP) is 13.0. The van der Waals surface area contributed by atoms with Gasteiger partial charge < -0.3 is 9.47 Å². The van der Waals surface area contributed by atoms with Crippen molar-refractivity contribution in [3.63, 3.8) is 0 Å². The summed E-state index contributed by atoms with van der Waals surface area (Å²) in [5.74, 6) is 0. The van der Waals surface area contributed by atoms with Crippen molar-refractivity contribution in [2.24, 2.45) is 0 Å². The van der Waals surface area contributed by atoms with Crippen LogP contribution >= 0.6 is 0 Å². The molecule has 2 heterocycles. The number of allylic oxidation sites excluding steroid dienone is 4. The normalized spacial score (nSPS) is 14.5. The summed E-state index contributed by atoms with van der Waals surface area (Å²) in [5, 5.41) is 4.90. The fraction of sp³-hybridized carbons (Fsp3) is 0.104. The molecule has 0 saturated heterocycles. The number of nitrogens with zero attached hydrogens (tertiary/aromatic N) is 3. The zero-order chi connectivity index (χ0) is 34.1. The van der Waals surface area contributed by atoms with Crippen LogP contribution in [-0.4, -0.2) is 9.55 Å². The second kappa shape index (κ2) is 11.4. The van der Waals surface area contributed by atoms with Crippen LogP contribution in [0.3, 0.4) is 0 Å². The average molecular weight is 656 g/mol. The highest BCUT2D eigenvalue weighted by Crippen LogP contribution is 2.50. The largest absolute Gasteiger partial charge is 0.313 e. The third-order valence-electron chi connectivity index (χ3n) is 11.1. The molecule has 0 atom stereocenters. The lowest BCUT2D eigenvalue weighted by molar-refractivity contribution is 0.660. The van der Waals surface area contributed by atoms with Gasteiger partial charge in [0.05, 0.1) is 11.0 Å². The Labute approximate surface area is 298 Å². The standard InChI is InChI=1S/C48H37N3/c1-48(2)44-16-10-9-15-40(44)41-23-22-39(30-45(41)48)50(36-11-5-3-6-12-36)38-20-17-32(18-21-38)33-19-24-46-42(27-33)43-28-35-31-49-26-25-34(35)29-47(43)51(46)37-13-7-4-8-14-37/h3-7,9-13,15-31H,8,14H2,1-2H3. The lowest BCUT2D eigenvalue weighted by Crippen LogP contribution is -2.16. The van der Waals surface area contributed by atoms with Crippen molar-refractivity contribution in [3.05, 3.63) is 175 Å². The van der Waals surface area contributed by atoms with Gasteiger partial charge in [0.1, 0.15) is 0 Å². The maximum absolute atomic E-state index is 4.43. The summed E-state index contributed by atoms with van der Waals surface area (Å²) in [5.41, 5.74) is 15.0. The summed E-state index contributed by atoms with van der Waals surface area (Å²) in [6.45, 7) is 4.69. The van der Waals surface area contributed by atoms with Gasteiger partial charge in [-0.1, -0.05) is 92.7 Å². The van der Waals surface area contributed by atoms with E-state index < -0.39 is 0 Å². The molecule has 244 valence electrons. The Morgan fingerprint density at radius 2 is 1.35 bits per heavy atom. The molecule has 3 heteroatoms. The van der Waals surface area contributed by atoms with Gasteiger partial charge in [-0.15, -0.1) is 0 Å². The minimum Gasteiger partial charge on any atom is -0.313 e. The number of pyridine rings is 1. The number of hydrogen-bond donors (Lipinski definition) is 0. The minimum atomic E-state index is -0.0665. The van der Waals surface area contributed by atoms with Crippen LogP contribution in [0.1, 0.15) is 37.8 Å². The maximum atomic E-state index is 4.43. The molecule has 51 heavy (non-hydrogen) atoms. The molecule has 2 aliphatic rings. The molecule has 0 bridgehead atoms. The van der Waals surface area contributed by atoms with Gasteiger partial charge in [0.25, 0.3) is 0 Å². The van der Waals surface area contributed by atoms with Crippen LogP contribution in [0.5, 0.6) is 0 Å². The summed E-state index contributed by atoms with van der Waals surface area (Å²) >= 11 is 0. The first-order valence-corrected chi connectivity index (χ1v) is 17.9. The zero-order valence-corrected chi connectivity index (χ0v) is 28.8. The van der Waals surface area contributed by atoms with Crippen LogP contribution < -0.4 is 4.90 Å². The average Bonchev–Trinajstić information content (AvgIpc) is 3.62. The molecule has 3 nitrogen and oxygen atoms in total. The highest BCUT2D eigenvalue weighted by atomic mass is 15.1. The summed E-state index contributed by atoms with van der Waals surface area (Å²) in [6.07, 6.45) is 12.7. The van der Waals surface area contributed by atoms with E-state index in [9.17, 15) is 0 Å². The molecular weight excluding hydrogens is 619 g/mol. The monoisotopic (exact) mass is 655 g/mol. The molecule has 0 saturated carbocycles. The highest BCUT2D eigenvalue weighted by molar-refractivity contribution is 6.15. The Kier molecular flexibility index (Phi) is 6.66. The molecule has 6 aromatic carbocycles. The van der Waals surface area contributed by atoms with E-state index in [0.717, 1.165) is 35.3 Å². The molecule has 0 N–H and O–H groups in total. The lowest BCUT2D eigenvalue weighted by atomic mass is 9.82. The van der Waals surface area contributed by atoms with Gasteiger partial charge in [0.2, 0.25) is 0 Å². The summed E-state index contributed by atoms with van der Waals surface area (Å²) in [6, 6.07) is 49.3. The Morgan fingerprint density at radius 1 is 0.608 bits per heavy atom. The maximum Gasteiger partial charge on any atom is 0.0544 e. The number of hydrogen-bond acceptors (Lipinski definition) is 2. The fourth-order valence-electron chi connectivity index (χ4n) is 8.53. The van der Waals surface area contributed by atoms with E-state index in [-0.39, 0.29) is 5.41 Å². The highest BCUT2D eigenvalue weighted by Gasteiger charge is 2.35. The van der Waals surface area contributed by atoms with Gasteiger partial charge in [0, 0.05) is 56.7 Å². The van der Waals surface area contributed by atoms with Crippen molar-refractivity contribution in [1.82, 2.24) is 9.55 Å². The first kappa shape index (κ1) is 29.7. The Morgan fingerprint density at radius 3 is 2.20 bits per heavy atom. The van der Waals surface area contributed by atoms with E-state index in [1.165, 1.54) is 66.3 Å². The van der Waals surface area contributed by atoms with E-state index in [4.69, 9.17) is 0 Å². The molecule has 2 aliphatic carbocycles. The SMILES string of the molecule is CC1(C)c2ccccc2-c2ccc(N(c3ccccc3)c3ccc(-c4ccc5c(c4)c4cc6cnccc6cc4n5C4=CC=CCC4)cc3)cc21. The van der Waals surface area contributed by atoms with Crippen LogP contribution in [0.15, 0.2) is 164 Å². The second-order valence-electron chi connectivity index (χ2n) is 14.4. The van der Waals surface area contributed by atoms with Crippen molar-refractivity contribution in [1.29, 1.82) is 0 Å². The summed E-state index contributed by atoms with van der Waals surface area (Å²) < 4.78 is 2.47. The van der Waals surface area contributed by atoms with Crippen molar-refractivity contribution >= 4 is 55.3 Å². The predicted molar refractivity (Wildman–Crippen MR) is 215 cm³/mol. The zero-order valence-electron chi connectivity index (χ0n) is 28.8. The van der Waals surface area contributed by atoms with Crippen molar-refractivity contribution in [3.8, 4) is 22.3 Å². The van der Waals surface area contributed by atoms with Crippen molar-refractivity contribution in [2.75, 3.05) is 4.90 Å². The first-order valence-electron chi connectivity index (χ1n) is 17.9. The van der Waals surface area contributed by atoms with E-state index in [1.54, 1.807) is 0 Å². The second-order valence-corrected chi connectivity index (χ2v) is 14.4. The van der Waals surface area contributed by atoms with Crippen LogP contribution in [0, 0.1) is 0 Å². The number of para-hydroxylation sites is 1. The van der Waals surface area contributed by atoms with Gasteiger partial charge in [-0.05, 0) is 124 Å². The third kappa shape index (κ3) is 4.69. The van der Waals surface area contributed by atoms with Gasteiger partial charge >= 0.3 is 0 Å². The van der Waals surface area contributed by atoms with E-state index in [2.05, 4.69) is 180 Å². The van der Waals surface area contributed by atoms with Gasteiger partial charge in [-0.25, -0.2) is 0 Å². The van der Waals surface area contributed by atoms with Crippen LogP contribution in [-0.2, 0) is 5.41 Å². The molecule has 8 aromatic rings. The van der Waals surface area contributed by atoms with Crippen molar-refractivity contribution < 1.29 is 0 Å². The molecular formula is C48H37N3. The minimum absolute atomic E-state index is 0.0665. The number of benzene rings is 6. The summed E-state index contributed by atoms with van der Waals surface area (Å²) in [7, 11) is 0. The quantitative estimate of drug-likeness (QED) is 0.184. The molecule has 0 fully saturated rings. The van der Waals surface area contributed by atoms with Gasteiger partial charge in [0.15, 0.2) is 0 Å². The summed E-state index contributed by atoms with van der Waals surface area (Å²) in [4.78, 5) is 6.81. The van der Waals surface area contributed by atoms with E-state index >= 15 is 0 Å². The number of rotatable bonds is 5. The molecule has 0 radical (unpaired) electrons. The number of aromatic nitrogens is 2. The first-order chi connectivity index (χ1) is 25.0. The number of fused-ring (bicyclic) bond motifs is 7.